The Morgan fingerprint density at radius 2 is 2.33 bits per heavy atom. The Bertz CT molecular complexity index is 567. The molecule has 0 radical (unpaired) electrons. The van der Waals surface area contributed by atoms with E-state index in [1.54, 1.807) is 0 Å². The zero-order chi connectivity index (χ0) is 12.5. The van der Waals surface area contributed by atoms with Gasteiger partial charge in [0, 0.05) is 29.6 Å². The van der Waals surface area contributed by atoms with E-state index in [4.69, 9.17) is 0 Å². The summed E-state index contributed by atoms with van der Waals surface area (Å²) >= 11 is 3.46. The molecule has 5 heteroatoms. The summed E-state index contributed by atoms with van der Waals surface area (Å²) in [5.74, 6) is 2.08. The van der Waals surface area contributed by atoms with Crippen LogP contribution in [0.1, 0.15) is 12.2 Å². The van der Waals surface area contributed by atoms with Crippen molar-refractivity contribution in [3.05, 3.63) is 34.6 Å². The molecule has 3 rings (SSSR count). The predicted molar refractivity (Wildman–Crippen MR) is 72.1 cm³/mol. The number of rotatable bonds is 2. The van der Waals surface area contributed by atoms with Crippen molar-refractivity contribution in [2.75, 3.05) is 6.61 Å². The SMILES string of the molecule is OCC1CCn2nc(-c3cccc(Br)c3)nc2C1. The Kier molecular flexibility index (Phi) is 3.18. The van der Waals surface area contributed by atoms with E-state index in [-0.39, 0.29) is 6.61 Å². The van der Waals surface area contributed by atoms with Gasteiger partial charge in [0.1, 0.15) is 5.82 Å². The smallest absolute Gasteiger partial charge is 0.181 e. The largest absolute Gasteiger partial charge is 0.396 e. The fourth-order valence-electron chi connectivity index (χ4n) is 2.28. The van der Waals surface area contributed by atoms with Crippen molar-refractivity contribution in [1.82, 2.24) is 14.8 Å². The lowest BCUT2D eigenvalue weighted by Gasteiger charge is -2.19. The van der Waals surface area contributed by atoms with Crippen molar-refractivity contribution in [2.24, 2.45) is 5.92 Å². The summed E-state index contributed by atoms with van der Waals surface area (Å²) in [5.41, 5.74) is 1.02. The van der Waals surface area contributed by atoms with Gasteiger partial charge in [-0.15, -0.1) is 0 Å². The molecule has 2 aromatic rings. The van der Waals surface area contributed by atoms with Gasteiger partial charge in [-0.05, 0) is 24.5 Å². The summed E-state index contributed by atoms with van der Waals surface area (Å²) < 4.78 is 2.99. The normalized spacial score (nSPS) is 18.7. The topological polar surface area (TPSA) is 50.9 Å². The highest BCUT2D eigenvalue weighted by atomic mass is 79.9. The molecule has 0 bridgehead atoms. The van der Waals surface area contributed by atoms with Gasteiger partial charge in [0.2, 0.25) is 0 Å². The third-order valence-electron chi connectivity index (χ3n) is 3.31. The van der Waals surface area contributed by atoms with Crippen LogP contribution in [0.15, 0.2) is 28.7 Å². The molecule has 2 heterocycles. The maximum atomic E-state index is 9.21. The van der Waals surface area contributed by atoms with Crippen LogP contribution < -0.4 is 0 Å². The Morgan fingerprint density at radius 1 is 1.44 bits per heavy atom. The van der Waals surface area contributed by atoms with Crippen molar-refractivity contribution in [2.45, 2.75) is 19.4 Å². The van der Waals surface area contributed by atoms with Crippen LogP contribution >= 0.6 is 15.9 Å². The number of aryl methyl sites for hydroxylation is 1. The number of fused-ring (bicyclic) bond motifs is 1. The van der Waals surface area contributed by atoms with Gasteiger partial charge in [-0.3, -0.25) is 0 Å². The first kappa shape index (κ1) is 11.9. The molecule has 0 amide bonds. The van der Waals surface area contributed by atoms with Crippen LogP contribution in [0.25, 0.3) is 11.4 Å². The average molecular weight is 308 g/mol. The number of benzene rings is 1. The second-order valence-electron chi connectivity index (χ2n) is 4.63. The summed E-state index contributed by atoms with van der Waals surface area (Å²) in [4.78, 5) is 4.58. The van der Waals surface area contributed by atoms with Gasteiger partial charge in [-0.25, -0.2) is 9.67 Å². The minimum absolute atomic E-state index is 0.235. The van der Waals surface area contributed by atoms with Crippen LogP contribution in [0.4, 0.5) is 0 Å². The summed E-state index contributed by atoms with van der Waals surface area (Å²) in [6, 6.07) is 8.00. The van der Waals surface area contributed by atoms with Gasteiger partial charge >= 0.3 is 0 Å². The monoisotopic (exact) mass is 307 g/mol. The summed E-state index contributed by atoms with van der Waals surface area (Å²) in [6.07, 6.45) is 1.79. The molecule has 94 valence electrons. The summed E-state index contributed by atoms with van der Waals surface area (Å²) in [6.45, 7) is 1.08. The quantitative estimate of drug-likeness (QED) is 0.926. The molecule has 0 fully saturated rings. The molecule has 1 aliphatic rings. The Labute approximate surface area is 114 Å². The molecule has 0 aliphatic carbocycles. The van der Waals surface area contributed by atoms with Crippen LogP contribution in [-0.2, 0) is 13.0 Å². The molecule has 0 saturated heterocycles. The lowest BCUT2D eigenvalue weighted by atomic mass is 9.99. The maximum absolute atomic E-state index is 9.21. The minimum Gasteiger partial charge on any atom is -0.396 e. The first-order chi connectivity index (χ1) is 8.76. The first-order valence-electron chi connectivity index (χ1n) is 6.07. The van der Waals surface area contributed by atoms with Crippen LogP contribution in [0.5, 0.6) is 0 Å². The van der Waals surface area contributed by atoms with Gasteiger partial charge in [0.25, 0.3) is 0 Å². The molecule has 1 aromatic heterocycles. The van der Waals surface area contributed by atoms with Crippen LogP contribution in [0.2, 0.25) is 0 Å². The molecule has 18 heavy (non-hydrogen) atoms. The third kappa shape index (κ3) is 2.20. The van der Waals surface area contributed by atoms with Crippen LogP contribution in [0.3, 0.4) is 0 Å². The number of hydrogen-bond donors (Lipinski definition) is 1. The highest BCUT2D eigenvalue weighted by Crippen LogP contribution is 2.24. The Hall–Kier alpha value is -1.20. The van der Waals surface area contributed by atoms with Crippen molar-refractivity contribution in [3.63, 3.8) is 0 Å². The van der Waals surface area contributed by atoms with Gasteiger partial charge in [-0.2, -0.15) is 5.10 Å². The fraction of sp³-hybridized carbons (Fsp3) is 0.385. The maximum Gasteiger partial charge on any atom is 0.181 e. The van der Waals surface area contributed by atoms with E-state index in [9.17, 15) is 5.11 Å². The van der Waals surface area contributed by atoms with Crippen molar-refractivity contribution in [3.8, 4) is 11.4 Å². The molecular weight excluding hydrogens is 294 g/mol. The van der Waals surface area contributed by atoms with E-state index in [1.165, 1.54) is 0 Å². The lowest BCUT2D eigenvalue weighted by molar-refractivity contribution is 0.196. The molecule has 1 N–H and O–H groups in total. The van der Waals surface area contributed by atoms with Crippen molar-refractivity contribution < 1.29 is 5.11 Å². The second-order valence-corrected chi connectivity index (χ2v) is 5.54. The first-order valence-corrected chi connectivity index (χ1v) is 6.86. The highest BCUT2D eigenvalue weighted by Gasteiger charge is 2.21. The van der Waals surface area contributed by atoms with Crippen molar-refractivity contribution >= 4 is 15.9 Å². The number of aromatic nitrogens is 3. The fourth-order valence-corrected chi connectivity index (χ4v) is 2.67. The summed E-state index contributed by atoms with van der Waals surface area (Å²) in [7, 11) is 0. The zero-order valence-corrected chi connectivity index (χ0v) is 11.5. The Morgan fingerprint density at radius 3 is 3.11 bits per heavy atom. The van der Waals surface area contributed by atoms with Crippen LogP contribution in [0, 0.1) is 5.92 Å². The molecule has 0 saturated carbocycles. The third-order valence-corrected chi connectivity index (χ3v) is 3.80. The van der Waals surface area contributed by atoms with Crippen LogP contribution in [-0.4, -0.2) is 26.5 Å². The van der Waals surface area contributed by atoms with Gasteiger partial charge in [0.05, 0.1) is 0 Å². The lowest BCUT2D eigenvalue weighted by Crippen LogP contribution is -2.22. The predicted octanol–water partition coefficient (Wildman–Crippen LogP) is 2.26. The van der Waals surface area contributed by atoms with E-state index >= 15 is 0 Å². The molecule has 1 aromatic carbocycles. The molecule has 1 unspecified atom stereocenters. The van der Waals surface area contributed by atoms with Gasteiger partial charge in [0.15, 0.2) is 5.82 Å². The van der Waals surface area contributed by atoms with E-state index in [0.717, 1.165) is 41.1 Å². The van der Waals surface area contributed by atoms with Crippen molar-refractivity contribution in [1.29, 1.82) is 0 Å². The highest BCUT2D eigenvalue weighted by molar-refractivity contribution is 9.10. The number of halogens is 1. The van der Waals surface area contributed by atoms with E-state index in [2.05, 4.69) is 26.0 Å². The Balaban J connectivity index is 1.94. The zero-order valence-electron chi connectivity index (χ0n) is 9.88. The van der Waals surface area contributed by atoms with E-state index < -0.39 is 0 Å². The molecular formula is C13H14BrN3O. The standard InChI is InChI=1S/C13H14BrN3O/c14-11-3-1-2-10(7-11)13-15-12-6-9(8-18)4-5-17(12)16-13/h1-3,7,9,18H,4-6,8H2. The van der Waals surface area contributed by atoms with Gasteiger partial charge < -0.3 is 5.11 Å². The summed E-state index contributed by atoms with van der Waals surface area (Å²) in [5, 5.41) is 13.7. The van der Waals surface area contributed by atoms with E-state index in [0.29, 0.717) is 5.92 Å². The number of nitrogens with zero attached hydrogens (tertiary/aromatic N) is 3. The second kappa shape index (κ2) is 4.82. The van der Waals surface area contributed by atoms with Gasteiger partial charge in [-0.1, -0.05) is 28.1 Å². The van der Waals surface area contributed by atoms with E-state index in [1.807, 2.05) is 28.9 Å². The molecule has 1 aliphatic heterocycles. The number of aliphatic hydroxyl groups is 1. The number of hydrogen-bond acceptors (Lipinski definition) is 3. The molecule has 1 atom stereocenters. The number of aliphatic hydroxyl groups excluding tert-OH is 1. The molecule has 0 spiro atoms. The molecule has 4 nitrogen and oxygen atoms in total. The average Bonchev–Trinajstić information content (AvgIpc) is 2.81. The minimum atomic E-state index is 0.235.